The normalized spacial score (nSPS) is 12.2. The van der Waals surface area contributed by atoms with Crippen molar-refractivity contribution in [3.63, 3.8) is 0 Å². The Morgan fingerprint density at radius 2 is 2.00 bits per heavy atom. The van der Waals surface area contributed by atoms with E-state index in [1.165, 1.54) is 19.1 Å². The van der Waals surface area contributed by atoms with E-state index in [0.29, 0.717) is 12.4 Å². The average Bonchev–Trinajstić information content (AvgIpc) is 2.37. The summed E-state index contributed by atoms with van der Waals surface area (Å²) in [6.45, 7) is 1.88. The summed E-state index contributed by atoms with van der Waals surface area (Å²) in [5.74, 6) is -0.0164. The third-order valence-corrected chi connectivity index (χ3v) is 3.55. The second-order valence-corrected chi connectivity index (χ2v) is 5.09. The van der Waals surface area contributed by atoms with E-state index >= 15 is 0 Å². The van der Waals surface area contributed by atoms with E-state index in [9.17, 15) is 9.50 Å². The topological polar surface area (TPSA) is 29.5 Å². The molecule has 0 aliphatic rings. The van der Waals surface area contributed by atoms with Crippen LogP contribution in [0, 0.1) is 5.82 Å². The SMILES string of the molecule is C[C@@H](O)c1ccc(OCc2ccccc2Br)cc1F. The highest BCUT2D eigenvalue weighted by molar-refractivity contribution is 9.10. The summed E-state index contributed by atoms with van der Waals surface area (Å²) in [6, 6.07) is 12.2. The lowest BCUT2D eigenvalue weighted by molar-refractivity contribution is 0.194. The van der Waals surface area contributed by atoms with Gasteiger partial charge in [-0.3, -0.25) is 0 Å². The Morgan fingerprint density at radius 3 is 2.63 bits per heavy atom. The van der Waals surface area contributed by atoms with Gasteiger partial charge in [-0.25, -0.2) is 4.39 Å². The molecule has 0 aliphatic heterocycles. The molecule has 0 amide bonds. The van der Waals surface area contributed by atoms with Gasteiger partial charge in [0, 0.05) is 21.7 Å². The number of rotatable bonds is 4. The molecule has 100 valence electrons. The van der Waals surface area contributed by atoms with E-state index in [-0.39, 0.29) is 5.56 Å². The lowest BCUT2D eigenvalue weighted by atomic mass is 10.1. The van der Waals surface area contributed by atoms with E-state index < -0.39 is 11.9 Å². The molecule has 0 saturated carbocycles. The van der Waals surface area contributed by atoms with Gasteiger partial charge in [-0.15, -0.1) is 0 Å². The minimum atomic E-state index is -0.822. The maximum atomic E-state index is 13.7. The van der Waals surface area contributed by atoms with Gasteiger partial charge in [-0.2, -0.15) is 0 Å². The molecule has 2 rings (SSSR count). The zero-order valence-electron chi connectivity index (χ0n) is 10.4. The maximum absolute atomic E-state index is 13.7. The summed E-state index contributed by atoms with van der Waals surface area (Å²) in [5, 5.41) is 9.35. The van der Waals surface area contributed by atoms with Crippen molar-refractivity contribution in [1.82, 2.24) is 0 Å². The molecule has 2 aromatic rings. The quantitative estimate of drug-likeness (QED) is 0.912. The van der Waals surface area contributed by atoms with Crippen molar-refractivity contribution in [3.05, 3.63) is 63.9 Å². The number of hydrogen-bond acceptors (Lipinski definition) is 2. The molecule has 1 N–H and O–H groups in total. The summed E-state index contributed by atoms with van der Waals surface area (Å²) in [4.78, 5) is 0. The van der Waals surface area contributed by atoms with Crippen LogP contribution >= 0.6 is 15.9 Å². The first kappa shape index (κ1) is 14.0. The molecule has 2 aromatic carbocycles. The van der Waals surface area contributed by atoms with Crippen LogP contribution in [0.1, 0.15) is 24.2 Å². The molecule has 0 fully saturated rings. The fourth-order valence-electron chi connectivity index (χ4n) is 1.71. The number of aliphatic hydroxyl groups is 1. The number of aliphatic hydroxyl groups excluding tert-OH is 1. The van der Waals surface area contributed by atoms with Crippen LogP contribution in [-0.4, -0.2) is 5.11 Å². The lowest BCUT2D eigenvalue weighted by Crippen LogP contribution is -1.99. The molecule has 19 heavy (non-hydrogen) atoms. The van der Waals surface area contributed by atoms with Gasteiger partial charge in [0.2, 0.25) is 0 Å². The standard InChI is InChI=1S/C15H14BrFO2/c1-10(18)13-7-6-12(8-15(13)17)19-9-11-4-2-3-5-14(11)16/h2-8,10,18H,9H2,1H3/t10-/m1/s1. The molecular weight excluding hydrogens is 311 g/mol. The first-order chi connectivity index (χ1) is 9.08. The van der Waals surface area contributed by atoms with Crippen molar-refractivity contribution >= 4 is 15.9 Å². The minimum Gasteiger partial charge on any atom is -0.489 e. The molecular formula is C15H14BrFO2. The zero-order valence-corrected chi connectivity index (χ0v) is 12.0. The van der Waals surface area contributed by atoms with Crippen LogP contribution in [0.4, 0.5) is 4.39 Å². The van der Waals surface area contributed by atoms with Crippen molar-refractivity contribution < 1.29 is 14.2 Å². The summed E-state index contributed by atoms with van der Waals surface area (Å²) >= 11 is 3.43. The van der Waals surface area contributed by atoms with Gasteiger partial charge in [0.05, 0.1) is 6.10 Å². The third kappa shape index (κ3) is 3.55. The Morgan fingerprint density at radius 1 is 1.26 bits per heavy atom. The first-order valence-corrected chi connectivity index (χ1v) is 6.71. The van der Waals surface area contributed by atoms with Crippen LogP contribution in [-0.2, 0) is 6.61 Å². The Balaban J connectivity index is 2.08. The molecule has 0 radical (unpaired) electrons. The fourth-order valence-corrected chi connectivity index (χ4v) is 2.11. The smallest absolute Gasteiger partial charge is 0.132 e. The van der Waals surface area contributed by atoms with Gasteiger partial charge in [0.25, 0.3) is 0 Å². The lowest BCUT2D eigenvalue weighted by Gasteiger charge is -2.10. The number of ether oxygens (including phenoxy) is 1. The van der Waals surface area contributed by atoms with Gasteiger partial charge < -0.3 is 9.84 Å². The van der Waals surface area contributed by atoms with Crippen LogP contribution in [0.3, 0.4) is 0 Å². The first-order valence-electron chi connectivity index (χ1n) is 5.91. The molecule has 1 atom stereocenters. The predicted octanol–water partition coefficient (Wildman–Crippen LogP) is 4.22. The maximum Gasteiger partial charge on any atom is 0.132 e. The summed E-state index contributed by atoms with van der Waals surface area (Å²) < 4.78 is 20.1. The van der Waals surface area contributed by atoms with E-state index in [1.54, 1.807) is 6.07 Å². The Kier molecular flexibility index (Phi) is 4.56. The largest absolute Gasteiger partial charge is 0.489 e. The number of benzene rings is 2. The molecule has 0 spiro atoms. The van der Waals surface area contributed by atoms with Gasteiger partial charge in [-0.05, 0) is 25.1 Å². The summed E-state index contributed by atoms with van der Waals surface area (Å²) in [5.41, 5.74) is 1.26. The van der Waals surface area contributed by atoms with Crippen LogP contribution in [0.2, 0.25) is 0 Å². The van der Waals surface area contributed by atoms with Crippen LogP contribution in [0.25, 0.3) is 0 Å². The summed E-state index contributed by atoms with van der Waals surface area (Å²) in [6.07, 6.45) is -0.822. The molecule has 0 bridgehead atoms. The highest BCUT2D eigenvalue weighted by atomic mass is 79.9. The molecule has 0 saturated heterocycles. The molecule has 0 aromatic heterocycles. The van der Waals surface area contributed by atoms with Crippen molar-refractivity contribution in [2.45, 2.75) is 19.6 Å². The van der Waals surface area contributed by atoms with E-state index in [1.807, 2.05) is 24.3 Å². The monoisotopic (exact) mass is 324 g/mol. The third-order valence-electron chi connectivity index (χ3n) is 2.77. The van der Waals surface area contributed by atoms with Crippen LogP contribution in [0.15, 0.2) is 46.9 Å². The van der Waals surface area contributed by atoms with Crippen molar-refractivity contribution in [1.29, 1.82) is 0 Å². The molecule has 0 heterocycles. The molecule has 2 nitrogen and oxygen atoms in total. The van der Waals surface area contributed by atoms with Gasteiger partial charge in [0.15, 0.2) is 0 Å². The fraction of sp³-hybridized carbons (Fsp3) is 0.200. The van der Waals surface area contributed by atoms with E-state index in [4.69, 9.17) is 4.74 Å². The second-order valence-electron chi connectivity index (χ2n) is 4.24. The highest BCUT2D eigenvalue weighted by Gasteiger charge is 2.09. The second kappa shape index (κ2) is 6.17. The minimum absolute atomic E-state index is 0.272. The summed E-state index contributed by atoms with van der Waals surface area (Å²) in [7, 11) is 0. The number of halogens is 2. The average molecular weight is 325 g/mol. The van der Waals surface area contributed by atoms with Crippen molar-refractivity contribution in [2.75, 3.05) is 0 Å². The molecule has 4 heteroatoms. The Hall–Kier alpha value is -1.39. The van der Waals surface area contributed by atoms with E-state index in [2.05, 4.69) is 15.9 Å². The van der Waals surface area contributed by atoms with E-state index in [0.717, 1.165) is 10.0 Å². The highest BCUT2D eigenvalue weighted by Crippen LogP contribution is 2.23. The van der Waals surface area contributed by atoms with Crippen LogP contribution in [0.5, 0.6) is 5.75 Å². The Labute approximate surface area is 120 Å². The van der Waals surface area contributed by atoms with Gasteiger partial charge >= 0.3 is 0 Å². The number of hydrogen-bond donors (Lipinski definition) is 1. The predicted molar refractivity (Wildman–Crippen MR) is 75.5 cm³/mol. The van der Waals surface area contributed by atoms with Crippen molar-refractivity contribution in [2.24, 2.45) is 0 Å². The molecule has 0 aliphatic carbocycles. The van der Waals surface area contributed by atoms with Gasteiger partial charge in [-0.1, -0.05) is 34.1 Å². The van der Waals surface area contributed by atoms with Gasteiger partial charge in [0.1, 0.15) is 18.2 Å². The van der Waals surface area contributed by atoms with Crippen LogP contribution < -0.4 is 4.74 Å². The van der Waals surface area contributed by atoms with Crippen molar-refractivity contribution in [3.8, 4) is 5.75 Å². The zero-order chi connectivity index (χ0) is 13.8. The Bertz CT molecular complexity index is 570. The molecule has 0 unspecified atom stereocenters.